The van der Waals surface area contributed by atoms with Crippen LogP contribution in [0.4, 0.5) is 0 Å². The zero-order valence-electron chi connectivity index (χ0n) is 12.2. The first kappa shape index (κ1) is 14.1. The highest BCUT2D eigenvalue weighted by Gasteiger charge is 2.38. The molecule has 1 heteroatoms. The second-order valence-electron chi connectivity index (χ2n) is 6.65. The minimum absolute atomic E-state index is 0.447. The van der Waals surface area contributed by atoms with Crippen molar-refractivity contribution in [2.45, 2.75) is 52.6 Å². The lowest BCUT2D eigenvalue weighted by molar-refractivity contribution is 0.121. The summed E-state index contributed by atoms with van der Waals surface area (Å²) in [6, 6.07) is 9.04. The summed E-state index contributed by atoms with van der Waals surface area (Å²) in [6.07, 6.45) is 3.79. The molecule has 0 fully saturated rings. The van der Waals surface area contributed by atoms with Gasteiger partial charge in [-0.2, -0.15) is 0 Å². The predicted octanol–water partition coefficient (Wildman–Crippen LogP) is 4.72. The van der Waals surface area contributed by atoms with E-state index in [0.717, 1.165) is 11.8 Å². The molecular formula is C17H27P. The largest absolute Gasteiger partial charge is 0.134 e. The van der Waals surface area contributed by atoms with Crippen molar-refractivity contribution in [1.82, 2.24) is 0 Å². The smallest absolute Gasteiger partial charge is 0.0239 e. The van der Waals surface area contributed by atoms with Gasteiger partial charge in [0.1, 0.15) is 0 Å². The third kappa shape index (κ3) is 2.64. The number of benzene rings is 1. The van der Waals surface area contributed by atoms with Crippen LogP contribution < -0.4 is 0 Å². The Balaban J connectivity index is 2.35. The van der Waals surface area contributed by atoms with Crippen LogP contribution in [0, 0.1) is 17.3 Å². The monoisotopic (exact) mass is 262 g/mol. The fourth-order valence-electron chi connectivity index (χ4n) is 3.41. The first-order valence-corrected chi connectivity index (χ1v) is 7.94. The summed E-state index contributed by atoms with van der Waals surface area (Å²) in [7, 11) is 3.04. The third-order valence-corrected chi connectivity index (χ3v) is 5.62. The van der Waals surface area contributed by atoms with Crippen LogP contribution in [0.15, 0.2) is 24.3 Å². The van der Waals surface area contributed by atoms with Crippen LogP contribution in [0.1, 0.15) is 45.2 Å². The van der Waals surface area contributed by atoms with Crippen molar-refractivity contribution in [2.24, 2.45) is 17.3 Å². The van der Waals surface area contributed by atoms with Gasteiger partial charge in [-0.1, -0.05) is 58.4 Å². The summed E-state index contributed by atoms with van der Waals surface area (Å²) >= 11 is 0. The minimum atomic E-state index is 0.447. The topological polar surface area (TPSA) is 0 Å². The van der Waals surface area contributed by atoms with E-state index in [1.54, 1.807) is 11.1 Å². The third-order valence-electron chi connectivity index (χ3n) is 5.12. The van der Waals surface area contributed by atoms with E-state index < -0.39 is 0 Å². The van der Waals surface area contributed by atoms with Gasteiger partial charge in [-0.3, -0.25) is 0 Å². The van der Waals surface area contributed by atoms with E-state index >= 15 is 0 Å². The zero-order chi connectivity index (χ0) is 13.3. The molecule has 18 heavy (non-hydrogen) atoms. The van der Waals surface area contributed by atoms with Crippen LogP contribution in [0.25, 0.3) is 0 Å². The van der Waals surface area contributed by atoms with E-state index in [1.165, 1.54) is 19.3 Å². The average molecular weight is 262 g/mol. The van der Waals surface area contributed by atoms with E-state index in [-0.39, 0.29) is 0 Å². The molecule has 1 aromatic carbocycles. The summed E-state index contributed by atoms with van der Waals surface area (Å²) in [4.78, 5) is 0. The summed E-state index contributed by atoms with van der Waals surface area (Å²) in [6.45, 7) is 9.60. The number of hydrogen-bond acceptors (Lipinski definition) is 0. The first-order valence-electron chi connectivity index (χ1n) is 7.28. The Morgan fingerprint density at radius 1 is 1.22 bits per heavy atom. The van der Waals surface area contributed by atoms with Gasteiger partial charge in [0, 0.05) is 0 Å². The maximum Gasteiger partial charge on any atom is -0.0239 e. The van der Waals surface area contributed by atoms with Crippen LogP contribution in [0.3, 0.4) is 0 Å². The maximum atomic E-state index is 3.04. The van der Waals surface area contributed by atoms with Gasteiger partial charge >= 0.3 is 0 Å². The Kier molecular flexibility index (Phi) is 4.17. The lowest BCUT2D eigenvalue weighted by Crippen LogP contribution is -2.39. The molecule has 0 nitrogen and oxygen atoms in total. The van der Waals surface area contributed by atoms with E-state index in [9.17, 15) is 0 Å². The molecule has 0 radical (unpaired) electrons. The van der Waals surface area contributed by atoms with Crippen molar-refractivity contribution in [3.05, 3.63) is 35.4 Å². The quantitative estimate of drug-likeness (QED) is 0.692. The van der Waals surface area contributed by atoms with Crippen LogP contribution >= 0.6 is 9.24 Å². The minimum Gasteiger partial charge on any atom is -0.134 e. The molecular weight excluding hydrogens is 235 g/mol. The van der Waals surface area contributed by atoms with E-state index in [2.05, 4.69) is 61.2 Å². The maximum absolute atomic E-state index is 3.04. The molecule has 0 amide bonds. The lowest BCUT2D eigenvalue weighted by Gasteiger charge is -2.44. The molecule has 0 aromatic heterocycles. The van der Waals surface area contributed by atoms with Gasteiger partial charge in [0.2, 0.25) is 0 Å². The molecule has 2 rings (SSSR count). The Morgan fingerprint density at radius 3 is 2.28 bits per heavy atom. The van der Waals surface area contributed by atoms with Gasteiger partial charge in [0.25, 0.3) is 0 Å². The molecule has 1 aliphatic rings. The molecule has 0 spiro atoms. The van der Waals surface area contributed by atoms with E-state index in [0.29, 0.717) is 11.1 Å². The molecule has 0 saturated carbocycles. The predicted molar refractivity (Wildman–Crippen MR) is 84.1 cm³/mol. The number of hydrogen-bond donors (Lipinski definition) is 0. The van der Waals surface area contributed by atoms with Crippen molar-refractivity contribution >= 4 is 9.24 Å². The molecule has 4 atom stereocenters. The first-order chi connectivity index (χ1) is 8.45. The van der Waals surface area contributed by atoms with Gasteiger partial charge in [-0.05, 0) is 46.9 Å². The van der Waals surface area contributed by atoms with Crippen LogP contribution in [-0.2, 0) is 12.8 Å². The fourth-order valence-corrected chi connectivity index (χ4v) is 3.81. The summed E-state index contributed by atoms with van der Waals surface area (Å²) in [5.41, 5.74) is 4.32. The number of rotatable bonds is 3. The molecule has 0 aliphatic heterocycles. The molecule has 1 aliphatic carbocycles. The van der Waals surface area contributed by atoms with Gasteiger partial charge in [-0.15, -0.1) is 9.24 Å². The molecule has 4 unspecified atom stereocenters. The van der Waals surface area contributed by atoms with Crippen molar-refractivity contribution in [3.8, 4) is 0 Å². The highest BCUT2D eigenvalue weighted by molar-refractivity contribution is 7.17. The Morgan fingerprint density at radius 2 is 1.78 bits per heavy atom. The molecule has 0 saturated heterocycles. The van der Waals surface area contributed by atoms with Crippen LogP contribution in [0.5, 0.6) is 0 Å². The highest BCUT2D eigenvalue weighted by atomic mass is 31.0. The molecule has 100 valence electrons. The average Bonchev–Trinajstić information content (AvgIpc) is 2.37. The lowest BCUT2D eigenvalue weighted by atomic mass is 9.62. The van der Waals surface area contributed by atoms with E-state index in [1.807, 2.05) is 0 Å². The Labute approximate surface area is 115 Å². The van der Waals surface area contributed by atoms with Crippen molar-refractivity contribution < 1.29 is 0 Å². The zero-order valence-corrected chi connectivity index (χ0v) is 13.4. The van der Waals surface area contributed by atoms with Crippen LogP contribution in [0.2, 0.25) is 0 Å². The van der Waals surface area contributed by atoms with Crippen molar-refractivity contribution in [3.63, 3.8) is 0 Å². The van der Waals surface area contributed by atoms with Gasteiger partial charge in [0.05, 0.1) is 0 Å². The Bertz CT molecular complexity index is 406. The molecule has 0 bridgehead atoms. The normalized spacial score (nSPS) is 25.6. The summed E-state index contributed by atoms with van der Waals surface area (Å²) in [5.74, 6) is 1.62. The van der Waals surface area contributed by atoms with Gasteiger partial charge < -0.3 is 0 Å². The van der Waals surface area contributed by atoms with Crippen molar-refractivity contribution in [1.29, 1.82) is 0 Å². The SMILES string of the molecule is CCC(C)(C)C1Cc2ccccc2CC1C(C)P. The molecule has 0 N–H and O–H groups in total. The second-order valence-corrected chi connectivity index (χ2v) is 7.70. The van der Waals surface area contributed by atoms with E-state index in [4.69, 9.17) is 0 Å². The molecule has 1 aromatic rings. The molecule has 0 heterocycles. The summed E-state index contributed by atoms with van der Waals surface area (Å²) < 4.78 is 0. The van der Waals surface area contributed by atoms with Gasteiger partial charge in [-0.25, -0.2) is 0 Å². The number of fused-ring (bicyclic) bond motifs is 1. The fraction of sp³-hybridized carbons (Fsp3) is 0.647. The van der Waals surface area contributed by atoms with Crippen molar-refractivity contribution in [2.75, 3.05) is 0 Å². The van der Waals surface area contributed by atoms with Gasteiger partial charge in [0.15, 0.2) is 0 Å². The summed E-state index contributed by atoms with van der Waals surface area (Å²) in [5, 5.41) is 0. The second kappa shape index (κ2) is 5.33. The van der Waals surface area contributed by atoms with Crippen LogP contribution in [-0.4, -0.2) is 5.66 Å². The highest BCUT2D eigenvalue weighted by Crippen LogP contribution is 2.45. The Hall–Kier alpha value is -0.350. The standard InChI is InChI=1S/C17H27P/c1-5-17(3,4)16-11-14-9-7-6-8-13(14)10-15(16)12(2)18/h6-9,12,15-16H,5,10-11,18H2,1-4H3.